The number of benzene rings is 9. The highest BCUT2D eigenvalue weighted by Gasteiger charge is 2.17. The summed E-state index contributed by atoms with van der Waals surface area (Å²) < 4.78 is 4.79. The number of nitrogens with zero attached hydrogens (tertiary/aromatic N) is 4. The van der Waals surface area contributed by atoms with E-state index in [1.165, 1.54) is 60.0 Å². The predicted molar refractivity (Wildman–Crippen MR) is 250 cm³/mol. The average Bonchev–Trinajstić information content (AvgIpc) is 3.84. The van der Waals surface area contributed by atoms with Crippen molar-refractivity contribution in [3.8, 4) is 56.4 Å². The number of para-hydroxylation sites is 2. The Balaban J connectivity index is 0.974. The number of hydrogen-bond donors (Lipinski definition) is 0. The fraction of sp³-hybridized carbons (Fsp3) is 0. The molecule has 0 unspecified atom stereocenters. The van der Waals surface area contributed by atoms with Crippen LogP contribution in [0.5, 0.6) is 0 Å². The highest BCUT2D eigenvalue weighted by molar-refractivity contribution is 6.12. The maximum absolute atomic E-state index is 5.09. The molecule has 9 aromatic carbocycles. The summed E-state index contributed by atoms with van der Waals surface area (Å²) in [5, 5.41) is 7.41. The van der Waals surface area contributed by atoms with Crippen LogP contribution >= 0.6 is 0 Å². The summed E-state index contributed by atoms with van der Waals surface area (Å²) in [5.41, 5.74) is 14.2. The standard InChI is InChI=1S/C56H36N4/c1-3-14-38(15-4-1)50-36-51(39-16-5-2-6-17-39)58-56(57-50)40-24-28-44(29-25-40)59-52-21-11-9-19-46(52)48-31-26-43(35-55(48)59)42-27-32-54-49(34-42)47-20-10-12-22-53(47)60(54)45-30-23-37-13-7-8-18-41(37)33-45/h1-36H. The monoisotopic (exact) mass is 764 g/mol. The van der Waals surface area contributed by atoms with Crippen LogP contribution in [-0.2, 0) is 0 Å². The zero-order valence-electron chi connectivity index (χ0n) is 32.6. The largest absolute Gasteiger partial charge is 0.309 e. The molecule has 12 aromatic rings. The van der Waals surface area contributed by atoms with Crippen LogP contribution in [0.2, 0.25) is 0 Å². The Hall–Kier alpha value is -8.08. The van der Waals surface area contributed by atoms with Gasteiger partial charge in [-0.3, -0.25) is 0 Å². The van der Waals surface area contributed by atoms with Crippen LogP contribution in [0.25, 0.3) is 111 Å². The molecular formula is C56H36N4. The quantitative estimate of drug-likeness (QED) is 0.169. The Morgan fingerprint density at radius 3 is 1.47 bits per heavy atom. The number of fused-ring (bicyclic) bond motifs is 7. The molecule has 0 bridgehead atoms. The van der Waals surface area contributed by atoms with Gasteiger partial charge in [0.1, 0.15) is 0 Å². The molecule has 3 heterocycles. The Kier molecular flexibility index (Phi) is 7.82. The van der Waals surface area contributed by atoms with Gasteiger partial charge in [0.05, 0.1) is 33.5 Å². The summed E-state index contributed by atoms with van der Waals surface area (Å²) in [6, 6.07) is 78.1. The maximum atomic E-state index is 5.09. The van der Waals surface area contributed by atoms with Crippen molar-refractivity contribution >= 4 is 54.4 Å². The molecule has 0 aliphatic rings. The third-order valence-corrected chi connectivity index (χ3v) is 11.9. The Labute approximate surface area is 346 Å². The van der Waals surface area contributed by atoms with Crippen molar-refractivity contribution < 1.29 is 0 Å². The van der Waals surface area contributed by atoms with Gasteiger partial charge in [0.25, 0.3) is 0 Å². The SMILES string of the molecule is c1ccc(-c2cc(-c3ccccc3)nc(-c3ccc(-n4c5ccccc5c5ccc(-c6ccc7c(c6)c6ccccc6n7-c6ccc7ccccc7c6)cc54)cc3)n2)cc1. The number of rotatable bonds is 6. The van der Waals surface area contributed by atoms with E-state index in [0.717, 1.165) is 45.0 Å². The van der Waals surface area contributed by atoms with Crippen molar-refractivity contribution in [2.75, 3.05) is 0 Å². The van der Waals surface area contributed by atoms with E-state index < -0.39 is 0 Å². The fourth-order valence-corrected chi connectivity index (χ4v) is 9.02. The molecule has 12 rings (SSSR count). The summed E-state index contributed by atoms with van der Waals surface area (Å²) in [7, 11) is 0. The number of hydrogen-bond acceptors (Lipinski definition) is 2. The lowest BCUT2D eigenvalue weighted by atomic mass is 10.0. The summed E-state index contributed by atoms with van der Waals surface area (Å²) in [6.07, 6.45) is 0. The maximum Gasteiger partial charge on any atom is 0.160 e. The van der Waals surface area contributed by atoms with Crippen LogP contribution in [0, 0.1) is 0 Å². The Morgan fingerprint density at radius 2 is 0.767 bits per heavy atom. The summed E-state index contributed by atoms with van der Waals surface area (Å²) in [4.78, 5) is 10.2. The van der Waals surface area contributed by atoms with Gasteiger partial charge >= 0.3 is 0 Å². The second kappa shape index (κ2) is 13.8. The van der Waals surface area contributed by atoms with Crippen LogP contribution in [-0.4, -0.2) is 19.1 Å². The molecule has 0 fully saturated rings. The molecule has 0 aliphatic heterocycles. The molecule has 60 heavy (non-hydrogen) atoms. The van der Waals surface area contributed by atoms with Gasteiger partial charge in [-0.05, 0) is 94.7 Å². The molecule has 4 heteroatoms. The minimum absolute atomic E-state index is 0.698. The van der Waals surface area contributed by atoms with E-state index in [0.29, 0.717) is 5.82 Å². The first kappa shape index (κ1) is 34.0. The molecular weight excluding hydrogens is 729 g/mol. The van der Waals surface area contributed by atoms with Crippen LogP contribution in [0.1, 0.15) is 0 Å². The van der Waals surface area contributed by atoms with Crippen molar-refractivity contribution in [1.29, 1.82) is 0 Å². The van der Waals surface area contributed by atoms with Gasteiger partial charge in [0.15, 0.2) is 5.82 Å². The molecule has 0 radical (unpaired) electrons. The zero-order chi connectivity index (χ0) is 39.6. The fourth-order valence-electron chi connectivity index (χ4n) is 9.02. The van der Waals surface area contributed by atoms with Crippen molar-refractivity contribution in [1.82, 2.24) is 19.1 Å². The summed E-state index contributed by atoms with van der Waals surface area (Å²) in [5.74, 6) is 0.698. The molecule has 0 N–H and O–H groups in total. The first-order valence-electron chi connectivity index (χ1n) is 20.4. The van der Waals surface area contributed by atoms with Gasteiger partial charge in [-0.25, -0.2) is 9.97 Å². The van der Waals surface area contributed by atoms with E-state index in [-0.39, 0.29) is 0 Å². The normalized spacial score (nSPS) is 11.7. The van der Waals surface area contributed by atoms with E-state index >= 15 is 0 Å². The molecule has 0 saturated heterocycles. The Bertz CT molecular complexity index is 3520. The highest BCUT2D eigenvalue weighted by atomic mass is 15.0. The minimum Gasteiger partial charge on any atom is -0.309 e. The van der Waals surface area contributed by atoms with Gasteiger partial charge in [-0.15, -0.1) is 0 Å². The van der Waals surface area contributed by atoms with Crippen molar-refractivity contribution in [2.24, 2.45) is 0 Å². The third kappa shape index (κ3) is 5.61. The van der Waals surface area contributed by atoms with Crippen molar-refractivity contribution in [3.05, 3.63) is 218 Å². The molecule has 0 spiro atoms. The zero-order valence-corrected chi connectivity index (χ0v) is 32.6. The third-order valence-electron chi connectivity index (χ3n) is 11.9. The summed E-state index contributed by atoms with van der Waals surface area (Å²) in [6.45, 7) is 0. The van der Waals surface area contributed by atoms with E-state index in [1.807, 2.05) is 12.1 Å². The van der Waals surface area contributed by atoms with E-state index in [4.69, 9.17) is 9.97 Å². The number of aromatic nitrogens is 4. The van der Waals surface area contributed by atoms with Gasteiger partial charge in [0, 0.05) is 49.6 Å². The van der Waals surface area contributed by atoms with Crippen LogP contribution in [0.4, 0.5) is 0 Å². The second-order valence-corrected chi connectivity index (χ2v) is 15.4. The summed E-state index contributed by atoms with van der Waals surface area (Å²) >= 11 is 0. The van der Waals surface area contributed by atoms with Crippen LogP contribution in [0.3, 0.4) is 0 Å². The Morgan fingerprint density at radius 1 is 0.267 bits per heavy atom. The van der Waals surface area contributed by atoms with Gasteiger partial charge in [0.2, 0.25) is 0 Å². The molecule has 0 saturated carbocycles. The first-order chi connectivity index (χ1) is 29.7. The topological polar surface area (TPSA) is 35.6 Å². The molecule has 0 aliphatic carbocycles. The lowest BCUT2D eigenvalue weighted by Crippen LogP contribution is -1.97. The molecule has 3 aromatic heterocycles. The van der Waals surface area contributed by atoms with E-state index in [2.05, 4.69) is 215 Å². The van der Waals surface area contributed by atoms with Gasteiger partial charge in [-0.1, -0.05) is 146 Å². The predicted octanol–water partition coefficient (Wildman–Crippen LogP) is 14.5. The van der Waals surface area contributed by atoms with E-state index in [1.54, 1.807) is 0 Å². The molecule has 0 amide bonds. The highest BCUT2D eigenvalue weighted by Crippen LogP contribution is 2.39. The first-order valence-corrected chi connectivity index (χ1v) is 20.4. The van der Waals surface area contributed by atoms with E-state index in [9.17, 15) is 0 Å². The smallest absolute Gasteiger partial charge is 0.160 e. The molecule has 0 atom stereocenters. The van der Waals surface area contributed by atoms with Gasteiger partial charge < -0.3 is 9.13 Å². The average molecular weight is 765 g/mol. The second-order valence-electron chi connectivity index (χ2n) is 15.4. The molecule has 4 nitrogen and oxygen atoms in total. The van der Waals surface area contributed by atoms with Crippen LogP contribution in [0.15, 0.2) is 218 Å². The van der Waals surface area contributed by atoms with Gasteiger partial charge in [-0.2, -0.15) is 0 Å². The molecule has 280 valence electrons. The lowest BCUT2D eigenvalue weighted by Gasteiger charge is -2.12. The van der Waals surface area contributed by atoms with Crippen molar-refractivity contribution in [2.45, 2.75) is 0 Å². The van der Waals surface area contributed by atoms with Crippen molar-refractivity contribution in [3.63, 3.8) is 0 Å². The van der Waals surface area contributed by atoms with Crippen LogP contribution < -0.4 is 0 Å². The minimum atomic E-state index is 0.698. The lowest BCUT2D eigenvalue weighted by molar-refractivity contribution is 1.16.